The Morgan fingerprint density at radius 2 is 1.79 bits per heavy atom. The van der Waals surface area contributed by atoms with Crippen LogP contribution in [0.4, 0.5) is 5.69 Å². The highest BCUT2D eigenvalue weighted by atomic mass is 16.5. The molecule has 5 heteroatoms. The van der Waals surface area contributed by atoms with Gasteiger partial charge in [-0.2, -0.15) is 0 Å². The van der Waals surface area contributed by atoms with Crippen molar-refractivity contribution in [3.05, 3.63) is 52.4 Å². The van der Waals surface area contributed by atoms with E-state index in [-0.39, 0.29) is 23.3 Å². The van der Waals surface area contributed by atoms with E-state index in [9.17, 15) is 9.59 Å². The number of hydrogen-bond acceptors (Lipinski definition) is 5. The number of hydrogen-bond donors (Lipinski definition) is 1. The number of carbonyl (C=O) groups is 2. The Labute approximate surface area is 173 Å². The second-order valence-corrected chi connectivity index (χ2v) is 9.37. The maximum Gasteiger partial charge on any atom is 0.337 e. The van der Waals surface area contributed by atoms with Gasteiger partial charge in [-0.15, -0.1) is 0 Å². The average Bonchev–Trinajstić information content (AvgIpc) is 2.58. The van der Waals surface area contributed by atoms with Crippen LogP contribution in [-0.4, -0.2) is 32.0 Å². The number of ether oxygens (including phenoxy) is 1. The van der Waals surface area contributed by atoms with E-state index in [1.165, 1.54) is 0 Å². The van der Waals surface area contributed by atoms with Crippen molar-refractivity contribution in [3.63, 3.8) is 0 Å². The summed E-state index contributed by atoms with van der Waals surface area (Å²) in [6, 6.07) is 8.07. The number of ketones is 1. The molecule has 0 aromatic heterocycles. The van der Waals surface area contributed by atoms with Gasteiger partial charge in [-0.05, 0) is 50.3 Å². The number of Topliss-reactive ketones (excluding diaryl/α,β-unsaturated/α-hetero) is 1. The van der Waals surface area contributed by atoms with E-state index >= 15 is 0 Å². The van der Waals surface area contributed by atoms with Crippen molar-refractivity contribution in [1.29, 1.82) is 0 Å². The highest BCUT2D eigenvalue weighted by Gasteiger charge is 2.43. The van der Waals surface area contributed by atoms with Gasteiger partial charge in [0.1, 0.15) is 0 Å². The molecule has 156 valence electrons. The predicted octanol–water partition coefficient (Wildman–Crippen LogP) is 4.31. The molecule has 1 aliphatic carbocycles. The number of rotatable bonds is 4. The molecule has 1 aromatic carbocycles. The lowest BCUT2D eigenvalue weighted by atomic mass is 9.68. The summed E-state index contributed by atoms with van der Waals surface area (Å²) in [4.78, 5) is 28.3. The summed E-state index contributed by atoms with van der Waals surface area (Å²) in [6.45, 7) is 9.79. The smallest absolute Gasteiger partial charge is 0.337 e. The fourth-order valence-corrected chi connectivity index (χ4v) is 4.28. The van der Waals surface area contributed by atoms with Crippen molar-refractivity contribution in [2.45, 2.75) is 59.5 Å². The van der Waals surface area contributed by atoms with E-state index in [0.29, 0.717) is 17.6 Å². The zero-order valence-corrected chi connectivity index (χ0v) is 18.6. The minimum absolute atomic E-state index is 0.0987. The van der Waals surface area contributed by atoms with E-state index in [0.717, 1.165) is 29.1 Å². The number of benzene rings is 1. The van der Waals surface area contributed by atoms with Crippen molar-refractivity contribution < 1.29 is 14.3 Å². The summed E-state index contributed by atoms with van der Waals surface area (Å²) in [5, 5.41) is 3.37. The van der Waals surface area contributed by atoms with Gasteiger partial charge in [0.05, 0.1) is 11.7 Å². The maximum absolute atomic E-state index is 13.2. The molecular formula is C24H32N2O3. The topological polar surface area (TPSA) is 58.6 Å². The molecule has 5 nitrogen and oxygen atoms in total. The molecule has 29 heavy (non-hydrogen) atoms. The van der Waals surface area contributed by atoms with Crippen LogP contribution >= 0.6 is 0 Å². The molecule has 0 fully saturated rings. The highest BCUT2D eigenvalue weighted by molar-refractivity contribution is 6.04. The first kappa shape index (κ1) is 21.2. The normalized spacial score (nSPS) is 21.1. The van der Waals surface area contributed by atoms with E-state index < -0.39 is 5.92 Å². The Bertz CT molecular complexity index is 889. The van der Waals surface area contributed by atoms with Crippen LogP contribution in [0.3, 0.4) is 0 Å². The van der Waals surface area contributed by atoms with Gasteiger partial charge in [0, 0.05) is 49.1 Å². The third-order valence-corrected chi connectivity index (χ3v) is 5.55. The molecule has 1 atom stereocenters. The largest absolute Gasteiger partial charge is 0.460 e. The molecule has 1 heterocycles. The lowest BCUT2D eigenvalue weighted by Gasteiger charge is -2.39. The number of allylic oxidation sites excluding steroid dienone is 3. The second kappa shape index (κ2) is 7.69. The van der Waals surface area contributed by atoms with Gasteiger partial charge in [-0.25, -0.2) is 4.79 Å². The Hall–Kier alpha value is -2.56. The molecule has 3 rings (SSSR count). The summed E-state index contributed by atoms with van der Waals surface area (Å²) in [5.74, 6) is -0.666. The summed E-state index contributed by atoms with van der Waals surface area (Å²) in [6.07, 6.45) is 1.03. The fourth-order valence-electron chi connectivity index (χ4n) is 4.28. The summed E-state index contributed by atoms with van der Waals surface area (Å²) in [7, 11) is 3.98. The Morgan fingerprint density at radius 3 is 2.34 bits per heavy atom. The summed E-state index contributed by atoms with van der Waals surface area (Å²) in [5.41, 5.74) is 4.85. The Morgan fingerprint density at radius 1 is 1.17 bits per heavy atom. The molecule has 2 aliphatic rings. The van der Waals surface area contributed by atoms with Crippen LogP contribution in [0.25, 0.3) is 0 Å². The van der Waals surface area contributed by atoms with Crippen LogP contribution in [0.2, 0.25) is 0 Å². The zero-order valence-electron chi connectivity index (χ0n) is 18.6. The molecular weight excluding hydrogens is 364 g/mol. The van der Waals surface area contributed by atoms with Crippen LogP contribution < -0.4 is 10.2 Å². The Kier molecular flexibility index (Phi) is 5.61. The third kappa shape index (κ3) is 4.24. The molecule has 0 bridgehead atoms. The number of nitrogens with zero attached hydrogens (tertiary/aromatic N) is 1. The standard InChI is InChI=1S/C24H32N2O3/c1-14(2)29-23(28)20-15(3)25-18-12-24(4,5)13-19(27)22(18)21(20)16-8-10-17(11-9-16)26(6)7/h8-11,14,21,25H,12-13H2,1-7H3/t21-/m1/s1. The van der Waals surface area contributed by atoms with Gasteiger partial charge >= 0.3 is 5.97 Å². The van der Waals surface area contributed by atoms with Gasteiger partial charge in [0.15, 0.2) is 5.78 Å². The minimum atomic E-state index is -0.405. The molecule has 0 spiro atoms. The fraction of sp³-hybridized carbons (Fsp3) is 0.500. The lowest BCUT2D eigenvalue weighted by Crippen LogP contribution is -2.39. The average molecular weight is 397 g/mol. The van der Waals surface area contributed by atoms with E-state index in [1.807, 2.05) is 64.0 Å². The van der Waals surface area contributed by atoms with Gasteiger partial charge in [-0.3, -0.25) is 4.79 Å². The SMILES string of the molecule is CC1=C(C(=O)OC(C)C)[C@@H](c2ccc(N(C)C)cc2)C2=C(CC(C)(C)CC2=O)N1. The highest BCUT2D eigenvalue weighted by Crippen LogP contribution is 2.47. The molecule has 1 N–H and O–H groups in total. The lowest BCUT2D eigenvalue weighted by molar-refractivity contribution is -0.143. The quantitative estimate of drug-likeness (QED) is 0.769. The molecule has 0 radical (unpaired) electrons. The molecule has 1 aromatic rings. The molecule has 1 aliphatic heterocycles. The summed E-state index contributed by atoms with van der Waals surface area (Å²) >= 11 is 0. The van der Waals surface area contributed by atoms with E-state index in [2.05, 4.69) is 19.2 Å². The van der Waals surface area contributed by atoms with Crippen LogP contribution in [0, 0.1) is 5.41 Å². The number of nitrogens with one attached hydrogen (secondary N) is 1. The van der Waals surface area contributed by atoms with E-state index in [1.54, 1.807) is 0 Å². The third-order valence-electron chi connectivity index (χ3n) is 5.55. The van der Waals surface area contributed by atoms with Gasteiger partial charge in [0.2, 0.25) is 0 Å². The van der Waals surface area contributed by atoms with Gasteiger partial charge in [0.25, 0.3) is 0 Å². The Balaban J connectivity index is 2.14. The van der Waals surface area contributed by atoms with Crippen LogP contribution in [-0.2, 0) is 14.3 Å². The minimum Gasteiger partial charge on any atom is -0.460 e. The predicted molar refractivity (Wildman–Crippen MR) is 116 cm³/mol. The van der Waals surface area contributed by atoms with Crippen LogP contribution in [0.15, 0.2) is 46.8 Å². The van der Waals surface area contributed by atoms with Crippen LogP contribution in [0.5, 0.6) is 0 Å². The molecule has 0 amide bonds. The van der Waals surface area contributed by atoms with Crippen LogP contribution in [0.1, 0.15) is 58.9 Å². The first-order valence-electron chi connectivity index (χ1n) is 10.2. The monoisotopic (exact) mass is 396 g/mol. The number of carbonyl (C=O) groups excluding carboxylic acids is 2. The van der Waals surface area contributed by atoms with Crippen molar-refractivity contribution >= 4 is 17.4 Å². The zero-order chi connectivity index (χ0) is 21.5. The van der Waals surface area contributed by atoms with Crippen molar-refractivity contribution in [1.82, 2.24) is 5.32 Å². The number of anilines is 1. The summed E-state index contributed by atoms with van der Waals surface area (Å²) < 4.78 is 5.55. The molecule has 0 unspecified atom stereocenters. The number of dihydropyridines is 1. The van der Waals surface area contributed by atoms with Gasteiger partial charge in [-0.1, -0.05) is 26.0 Å². The first-order valence-corrected chi connectivity index (χ1v) is 10.2. The van der Waals surface area contributed by atoms with Crippen molar-refractivity contribution in [2.24, 2.45) is 5.41 Å². The van der Waals surface area contributed by atoms with Crippen molar-refractivity contribution in [3.8, 4) is 0 Å². The van der Waals surface area contributed by atoms with Gasteiger partial charge < -0.3 is 15.0 Å². The second-order valence-electron chi connectivity index (χ2n) is 9.37. The first-order chi connectivity index (χ1) is 13.5. The van der Waals surface area contributed by atoms with E-state index in [4.69, 9.17) is 4.74 Å². The molecule has 0 saturated carbocycles. The van der Waals surface area contributed by atoms with Crippen molar-refractivity contribution in [2.75, 3.05) is 19.0 Å². The molecule has 0 saturated heterocycles. The number of esters is 1. The maximum atomic E-state index is 13.2.